The Morgan fingerprint density at radius 1 is 1.00 bits per heavy atom. The zero-order chi connectivity index (χ0) is 21.3. The molecular weight excluding hydrogens is 396 g/mol. The van der Waals surface area contributed by atoms with Crippen molar-refractivity contribution in [2.24, 2.45) is 5.73 Å². The minimum absolute atomic E-state index is 0.112. The highest BCUT2D eigenvalue weighted by Gasteiger charge is 2.35. The van der Waals surface area contributed by atoms with Crippen LogP contribution in [0.5, 0.6) is 5.75 Å². The van der Waals surface area contributed by atoms with E-state index in [1.54, 1.807) is 12.1 Å². The van der Waals surface area contributed by atoms with Gasteiger partial charge in [-0.1, -0.05) is 18.2 Å². The van der Waals surface area contributed by atoms with E-state index in [-0.39, 0.29) is 24.2 Å². The minimum Gasteiger partial charge on any atom is -0.490 e. The molecule has 2 N–H and O–H groups in total. The molecule has 1 saturated carbocycles. The molecule has 1 heterocycles. The van der Waals surface area contributed by atoms with Crippen molar-refractivity contribution in [3.8, 4) is 5.75 Å². The second-order valence-corrected chi connectivity index (χ2v) is 8.21. The fourth-order valence-electron chi connectivity index (χ4n) is 4.16. The maximum absolute atomic E-state index is 14.3. The smallest absolute Gasteiger partial charge is 0.419 e. The van der Waals surface area contributed by atoms with Gasteiger partial charge in [0.2, 0.25) is 0 Å². The highest BCUT2D eigenvalue weighted by molar-refractivity contribution is 5.38. The number of nitrogens with two attached hydrogens (primary N) is 1. The summed E-state index contributed by atoms with van der Waals surface area (Å²) in [6.07, 6.45) is -1.18. The molecule has 1 saturated heterocycles. The number of piperidine rings is 1. The summed E-state index contributed by atoms with van der Waals surface area (Å²) in [7, 11) is 0. The Hall–Kier alpha value is -2.12. The predicted octanol–water partition coefficient (Wildman–Crippen LogP) is 5.22. The van der Waals surface area contributed by atoms with E-state index in [2.05, 4.69) is 4.90 Å². The van der Waals surface area contributed by atoms with Gasteiger partial charge in [0, 0.05) is 31.7 Å². The van der Waals surface area contributed by atoms with Gasteiger partial charge in [-0.25, -0.2) is 4.39 Å². The first kappa shape index (κ1) is 21.1. The molecular formula is C23H26F4N2O. The predicted molar refractivity (Wildman–Crippen MR) is 107 cm³/mol. The second kappa shape index (κ2) is 8.55. The van der Waals surface area contributed by atoms with Gasteiger partial charge >= 0.3 is 6.18 Å². The lowest BCUT2D eigenvalue weighted by Crippen LogP contribution is -2.38. The third-order valence-corrected chi connectivity index (χ3v) is 5.96. The highest BCUT2D eigenvalue weighted by atomic mass is 19.4. The first-order chi connectivity index (χ1) is 14.3. The van der Waals surface area contributed by atoms with Crippen molar-refractivity contribution in [1.29, 1.82) is 0 Å². The van der Waals surface area contributed by atoms with Crippen molar-refractivity contribution in [3.63, 3.8) is 0 Å². The van der Waals surface area contributed by atoms with Gasteiger partial charge in [0.1, 0.15) is 17.7 Å². The molecule has 2 fully saturated rings. The Kier molecular flexibility index (Phi) is 6.02. The lowest BCUT2D eigenvalue weighted by molar-refractivity contribution is -0.139. The van der Waals surface area contributed by atoms with Crippen molar-refractivity contribution < 1.29 is 22.3 Å². The molecule has 3 nitrogen and oxygen atoms in total. The fourth-order valence-corrected chi connectivity index (χ4v) is 4.16. The largest absolute Gasteiger partial charge is 0.490 e. The molecule has 2 aromatic carbocycles. The molecule has 0 aromatic heterocycles. The summed E-state index contributed by atoms with van der Waals surface area (Å²) in [4.78, 5) is 2.22. The Morgan fingerprint density at radius 2 is 1.70 bits per heavy atom. The van der Waals surface area contributed by atoms with E-state index in [4.69, 9.17) is 10.5 Å². The van der Waals surface area contributed by atoms with Gasteiger partial charge in [-0.15, -0.1) is 0 Å². The van der Waals surface area contributed by atoms with Gasteiger partial charge in [0.25, 0.3) is 0 Å². The van der Waals surface area contributed by atoms with Crippen molar-refractivity contribution in [3.05, 3.63) is 64.5 Å². The Balaban J connectivity index is 1.39. The second-order valence-electron chi connectivity index (χ2n) is 8.21. The zero-order valence-corrected chi connectivity index (χ0v) is 16.7. The van der Waals surface area contributed by atoms with Crippen LogP contribution in [0.3, 0.4) is 0 Å². The number of likely N-dealkylation sites (tertiary alicyclic amines) is 1. The molecule has 2 aliphatic rings. The van der Waals surface area contributed by atoms with Crippen LogP contribution in [0.2, 0.25) is 0 Å². The fraction of sp³-hybridized carbons (Fsp3) is 0.478. The van der Waals surface area contributed by atoms with Crippen LogP contribution < -0.4 is 10.5 Å². The topological polar surface area (TPSA) is 38.5 Å². The number of nitrogens with zero attached hydrogens (tertiary/aromatic N) is 1. The van der Waals surface area contributed by atoms with E-state index in [9.17, 15) is 17.6 Å². The highest BCUT2D eigenvalue weighted by Crippen LogP contribution is 2.43. The van der Waals surface area contributed by atoms with E-state index >= 15 is 0 Å². The third kappa shape index (κ3) is 4.78. The minimum atomic E-state index is -4.43. The SMILES string of the molecule is NCc1cc(C2CC2)c(CN2CCC(Oc3ccccc3C(F)(F)F)CC2)cc1F. The van der Waals surface area contributed by atoms with Crippen molar-refractivity contribution in [2.75, 3.05) is 13.1 Å². The van der Waals surface area contributed by atoms with Crippen LogP contribution >= 0.6 is 0 Å². The monoisotopic (exact) mass is 422 g/mol. The van der Waals surface area contributed by atoms with Gasteiger partial charge in [-0.2, -0.15) is 13.2 Å². The number of hydrogen-bond donors (Lipinski definition) is 1. The maximum atomic E-state index is 14.3. The van der Waals surface area contributed by atoms with E-state index in [1.165, 1.54) is 17.7 Å². The molecule has 1 aliphatic carbocycles. The summed E-state index contributed by atoms with van der Waals surface area (Å²) < 4.78 is 59.5. The first-order valence-electron chi connectivity index (χ1n) is 10.4. The van der Waals surface area contributed by atoms with Gasteiger partial charge in [0.15, 0.2) is 0 Å². The standard InChI is InChI=1S/C23H26F4N2O/c24-21-12-17(19(15-5-6-15)11-16(21)13-28)14-29-9-7-18(8-10-29)30-22-4-2-1-3-20(22)23(25,26)27/h1-4,11-12,15,18H,5-10,13-14,28H2. The number of alkyl halides is 3. The molecule has 1 aliphatic heterocycles. The zero-order valence-electron chi connectivity index (χ0n) is 16.7. The average Bonchev–Trinajstić information content (AvgIpc) is 3.54. The lowest BCUT2D eigenvalue weighted by Gasteiger charge is -2.33. The van der Waals surface area contributed by atoms with Crippen LogP contribution in [0.15, 0.2) is 36.4 Å². The van der Waals surface area contributed by atoms with Crippen molar-refractivity contribution >= 4 is 0 Å². The molecule has 0 amide bonds. The summed E-state index contributed by atoms with van der Waals surface area (Å²) in [6, 6.07) is 8.86. The molecule has 30 heavy (non-hydrogen) atoms. The van der Waals surface area contributed by atoms with Crippen LogP contribution in [0.25, 0.3) is 0 Å². The van der Waals surface area contributed by atoms with E-state index in [0.717, 1.165) is 24.5 Å². The number of halogens is 4. The van der Waals surface area contributed by atoms with Crippen LogP contribution in [-0.2, 0) is 19.3 Å². The van der Waals surface area contributed by atoms with Crippen molar-refractivity contribution in [2.45, 2.75) is 57.0 Å². The van der Waals surface area contributed by atoms with Gasteiger partial charge in [0.05, 0.1) is 5.56 Å². The third-order valence-electron chi connectivity index (χ3n) is 5.96. The summed E-state index contributed by atoms with van der Waals surface area (Å²) in [5.74, 6) is 0.114. The van der Waals surface area contributed by atoms with Gasteiger partial charge in [-0.3, -0.25) is 4.90 Å². The summed E-state index contributed by atoms with van der Waals surface area (Å²) >= 11 is 0. The normalized spacial score (nSPS) is 18.6. The summed E-state index contributed by atoms with van der Waals surface area (Å²) in [5.41, 5.74) is 7.65. The number of para-hydroxylation sites is 1. The average molecular weight is 422 g/mol. The molecule has 162 valence electrons. The van der Waals surface area contributed by atoms with E-state index < -0.39 is 11.7 Å². The van der Waals surface area contributed by atoms with Crippen LogP contribution in [0.4, 0.5) is 17.6 Å². The van der Waals surface area contributed by atoms with Crippen molar-refractivity contribution in [1.82, 2.24) is 4.90 Å². The van der Waals surface area contributed by atoms with Gasteiger partial charge < -0.3 is 10.5 Å². The number of rotatable bonds is 6. The quantitative estimate of drug-likeness (QED) is 0.649. The Bertz CT molecular complexity index is 887. The summed E-state index contributed by atoms with van der Waals surface area (Å²) in [6.45, 7) is 2.22. The molecule has 0 spiro atoms. The number of benzene rings is 2. The summed E-state index contributed by atoms with van der Waals surface area (Å²) in [5, 5.41) is 0. The van der Waals surface area contributed by atoms with Crippen LogP contribution in [-0.4, -0.2) is 24.1 Å². The molecule has 0 atom stereocenters. The number of ether oxygens (including phenoxy) is 1. The van der Waals surface area contributed by atoms with Crippen LogP contribution in [0, 0.1) is 5.82 Å². The molecule has 4 rings (SSSR count). The first-order valence-corrected chi connectivity index (χ1v) is 10.4. The Labute approximate surface area is 173 Å². The molecule has 7 heteroatoms. The van der Waals surface area contributed by atoms with E-state index in [1.807, 2.05) is 6.07 Å². The van der Waals surface area contributed by atoms with Crippen LogP contribution in [0.1, 0.15) is 53.9 Å². The molecule has 0 bridgehead atoms. The molecule has 0 radical (unpaired) electrons. The van der Waals surface area contributed by atoms with E-state index in [0.29, 0.717) is 44.0 Å². The molecule has 2 aromatic rings. The number of hydrogen-bond acceptors (Lipinski definition) is 3. The maximum Gasteiger partial charge on any atom is 0.419 e. The Morgan fingerprint density at radius 3 is 2.33 bits per heavy atom. The molecule has 0 unspecified atom stereocenters. The lowest BCUT2D eigenvalue weighted by atomic mass is 9.98. The van der Waals surface area contributed by atoms with Gasteiger partial charge in [-0.05, 0) is 60.9 Å².